The average Bonchev–Trinajstić information content (AvgIpc) is 3.26. The molecule has 1 aromatic heterocycles. The molecule has 2 heterocycles. The SMILES string of the molecule is CCc1cnc(N2CC3C(COc4ccc(-c5ccc(S(C)(=O)=O)cc5)cc4F)[C@@H]3C2)nc1. The van der Waals surface area contributed by atoms with E-state index >= 15 is 0 Å². The summed E-state index contributed by atoms with van der Waals surface area (Å²) < 4.78 is 43.7. The molecule has 2 aliphatic rings. The number of anilines is 1. The minimum absolute atomic E-state index is 0.241. The monoisotopic (exact) mass is 467 g/mol. The number of ether oxygens (including phenoxy) is 1. The summed E-state index contributed by atoms with van der Waals surface area (Å²) in [5, 5.41) is 0. The lowest BCUT2D eigenvalue weighted by Gasteiger charge is -2.20. The molecule has 3 atom stereocenters. The summed E-state index contributed by atoms with van der Waals surface area (Å²) in [6.45, 7) is 4.41. The Morgan fingerprint density at radius 1 is 1.03 bits per heavy atom. The normalized spacial score (nSPS) is 21.7. The molecule has 0 radical (unpaired) electrons. The van der Waals surface area contributed by atoms with E-state index in [1.165, 1.54) is 18.2 Å². The summed E-state index contributed by atoms with van der Waals surface area (Å²) in [6.07, 6.45) is 5.87. The van der Waals surface area contributed by atoms with Crippen molar-refractivity contribution < 1.29 is 17.5 Å². The molecule has 1 saturated heterocycles. The molecular formula is C25H26FN3O3S. The van der Waals surface area contributed by atoms with Crippen LogP contribution in [0.5, 0.6) is 5.75 Å². The van der Waals surface area contributed by atoms with Crippen LogP contribution < -0.4 is 9.64 Å². The summed E-state index contributed by atoms with van der Waals surface area (Å²) in [4.78, 5) is 11.4. The third kappa shape index (κ3) is 4.44. The molecule has 5 rings (SSSR count). The minimum Gasteiger partial charge on any atom is -0.490 e. The number of piperidine rings is 1. The molecule has 1 aliphatic heterocycles. The molecule has 1 saturated carbocycles. The summed E-state index contributed by atoms with van der Waals surface area (Å²) in [6, 6.07) is 11.3. The lowest BCUT2D eigenvalue weighted by atomic mass is 10.1. The fraction of sp³-hybridized carbons (Fsp3) is 0.360. The molecule has 0 spiro atoms. The van der Waals surface area contributed by atoms with Crippen LogP contribution in [0.4, 0.5) is 10.3 Å². The van der Waals surface area contributed by atoms with Gasteiger partial charge in [-0.1, -0.05) is 25.1 Å². The van der Waals surface area contributed by atoms with Crippen molar-refractivity contribution in [3.63, 3.8) is 0 Å². The number of nitrogens with zero attached hydrogens (tertiary/aromatic N) is 3. The van der Waals surface area contributed by atoms with Crippen LogP contribution in [0.15, 0.2) is 59.8 Å². The van der Waals surface area contributed by atoms with Crippen molar-refractivity contribution in [2.75, 3.05) is 30.9 Å². The first-order chi connectivity index (χ1) is 15.8. The van der Waals surface area contributed by atoms with Crippen molar-refractivity contribution in [2.24, 2.45) is 17.8 Å². The number of aryl methyl sites for hydroxylation is 1. The maximum Gasteiger partial charge on any atom is 0.225 e. The van der Waals surface area contributed by atoms with Crippen molar-refractivity contribution in [1.82, 2.24) is 9.97 Å². The van der Waals surface area contributed by atoms with E-state index in [9.17, 15) is 12.8 Å². The molecule has 0 amide bonds. The Labute approximate surface area is 193 Å². The van der Waals surface area contributed by atoms with Gasteiger partial charge in [-0.2, -0.15) is 0 Å². The van der Waals surface area contributed by atoms with Crippen molar-refractivity contribution in [3.8, 4) is 16.9 Å². The van der Waals surface area contributed by atoms with Crippen molar-refractivity contribution >= 4 is 15.8 Å². The van der Waals surface area contributed by atoms with Crippen LogP contribution in [0, 0.1) is 23.6 Å². The zero-order chi connectivity index (χ0) is 23.2. The first-order valence-corrected chi connectivity index (χ1v) is 13.0. The topological polar surface area (TPSA) is 72.4 Å². The number of aromatic nitrogens is 2. The van der Waals surface area contributed by atoms with E-state index in [1.54, 1.807) is 24.3 Å². The number of sulfone groups is 1. The van der Waals surface area contributed by atoms with E-state index in [0.717, 1.165) is 42.8 Å². The highest BCUT2D eigenvalue weighted by Crippen LogP contribution is 2.52. The lowest BCUT2D eigenvalue weighted by molar-refractivity contribution is 0.270. The summed E-state index contributed by atoms with van der Waals surface area (Å²) in [5.74, 6) is 2.11. The Morgan fingerprint density at radius 3 is 2.24 bits per heavy atom. The molecule has 2 unspecified atom stereocenters. The van der Waals surface area contributed by atoms with Crippen LogP contribution in [-0.2, 0) is 16.3 Å². The second-order valence-corrected chi connectivity index (χ2v) is 10.9. The molecule has 2 fully saturated rings. The van der Waals surface area contributed by atoms with Gasteiger partial charge in [-0.15, -0.1) is 0 Å². The van der Waals surface area contributed by atoms with Gasteiger partial charge >= 0.3 is 0 Å². The highest BCUT2D eigenvalue weighted by molar-refractivity contribution is 7.90. The molecule has 172 valence electrons. The van der Waals surface area contributed by atoms with Gasteiger partial charge in [0.1, 0.15) is 0 Å². The van der Waals surface area contributed by atoms with E-state index in [2.05, 4.69) is 21.8 Å². The van der Waals surface area contributed by atoms with Crippen LogP contribution in [-0.4, -0.2) is 44.3 Å². The van der Waals surface area contributed by atoms with E-state index in [1.807, 2.05) is 12.4 Å². The first-order valence-electron chi connectivity index (χ1n) is 11.1. The third-order valence-corrected chi connectivity index (χ3v) is 7.86. The molecule has 8 heteroatoms. The highest BCUT2D eigenvalue weighted by Gasteiger charge is 2.56. The Morgan fingerprint density at radius 2 is 1.67 bits per heavy atom. The number of halogens is 1. The van der Waals surface area contributed by atoms with E-state index < -0.39 is 15.7 Å². The maximum absolute atomic E-state index is 14.7. The van der Waals surface area contributed by atoms with Gasteiger partial charge in [0.2, 0.25) is 5.95 Å². The number of hydrogen-bond acceptors (Lipinski definition) is 6. The van der Waals surface area contributed by atoms with Gasteiger partial charge in [0.15, 0.2) is 21.4 Å². The molecular weight excluding hydrogens is 441 g/mol. The number of fused-ring (bicyclic) bond motifs is 1. The van der Waals surface area contributed by atoms with Gasteiger partial charge in [0.05, 0.1) is 11.5 Å². The van der Waals surface area contributed by atoms with Crippen LogP contribution in [0.2, 0.25) is 0 Å². The van der Waals surface area contributed by atoms with Gasteiger partial charge in [-0.3, -0.25) is 0 Å². The Hall–Kier alpha value is -3.00. The molecule has 6 nitrogen and oxygen atoms in total. The number of hydrogen-bond donors (Lipinski definition) is 0. The zero-order valence-electron chi connectivity index (χ0n) is 18.6. The fourth-order valence-corrected chi connectivity index (χ4v) is 5.26. The van der Waals surface area contributed by atoms with Crippen molar-refractivity contribution in [1.29, 1.82) is 0 Å². The van der Waals surface area contributed by atoms with Crippen molar-refractivity contribution in [3.05, 3.63) is 66.2 Å². The van der Waals surface area contributed by atoms with Gasteiger partial charge in [0.25, 0.3) is 0 Å². The fourth-order valence-electron chi connectivity index (χ4n) is 4.63. The van der Waals surface area contributed by atoms with Crippen LogP contribution >= 0.6 is 0 Å². The quantitative estimate of drug-likeness (QED) is 0.523. The lowest BCUT2D eigenvalue weighted by Crippen LogP contribution is -2.27. The highest BCUT2D eigenvalue weighted by atomic mass is 32.2. The minimum atomic E-state index is -3.26. The van der Waals surface area contributed by atoms with Crippen LogP contribution in [0.25, 0.3) is 11.1 Å². The number of rotatable bonds is 7. The number of benzene rings is 2. The Bertz CT molecular complexity index is 1250. The largest absolute Gasteiger partial charge is 0.490 e. The molecule has 2 aromatic carbocycles. The first kappa shape index (κ1) is 21.8. The standard InChI is InChI=1S/C25H26FN3O3S/c1-3-16-11-27-25(28-12-16)29-13-20-21(14-29)22(20)15-32-24-9-6-18(10-23(24)26)17-4-7-19(8-5-17)33(2,30)31/h4-12,20-22H,3,13-15H2,1-2H3/t20-,21?,22?/m1/s1. The van der Waals surface area contributed by atoms with Gasteiger partial charge in [-0.05, 0) is 59.2 Å². The Kier molecular flexibility index (Phi) is 5.56. The predicted molar refractivity (Wildman–Crippen MR) is 125 cm³/mol. The van der Waals surface area contributed by atoms with E-state index in [0.29, 0.717) is 29.9 Å². The summed E-state index contributed by atoms with van der Waals surface area (Å²) >= 11 is 0. The van der Waals surface area contributed by atoms with Gasteiger partial charge < -0.3 is 9.64 Å². The maximum atomic E-state index is 14.7. The zero-order valence-corrected chi connectivity index (χ0v) is 19.4. The smallest absolute Gasteiger partial charge is 0.225 e. The third-order valence-electron chi connectivity index (χ3n) is 6.73. The molecule has 0 N–H and O–H groups in total. The Balaban J connectivity index is 1.16. The van der Waals surface area contributed by atoms with Gasteiger partial charge in [-0.25, -0.2) is 22.8 Å². The van der Waals surface area contributed by atoms with Crippen LogP contribution in [0.1, 0.15) is 12.5 Å². The molecule has 1 aliphatic carbocycles. The second-order valence-electron chi connectivity index (χ2n) is 8.89. The molecule has 33 heavy (non-hydrogen) atoms. The van der Waals surface area contributed by atoms with E-state index in [-0.39, 0.29) is 10.6 Å². The summed E-state index contributed by atoms with van der Waals surface area (Å²) in [5.41, 5.74) is 2.56. The second kappa shape index (κ2) is 8.41. The summed E-state index contributed by atoms with van der Waals surface area (Å²) in [7, 11) is -3.26. The predicted octanol–water partition coefficient (Wildman–Crippen LogP) is 4.01. The van der Waals surface area contributed by atoms with Crippen LogP contribution in [0.3, 0.4) is 0 Å². The average molecular weight is 468 g/mol. The van der Waals surface area contributed by atoms with E-state index in [4.69, 9.17) is 4.74 Å². The van der Waals surface area contributed by atoms with Gasteiger partial charge in [0, 0.05) is 37.7 Å². The molecule has 3 aromatic rings. The van der Waals surface area contributed by atoms with Crippen molar-refractivity contribution in [2.45, 2.75) is 18.2 Å². The molecule has 0 bridgehead atoms.